The minimum absolute atomic E-state index is 0.133. The first kappa shape index (κ1) is 23.9. The van der Waals surface area contributed by atoms with Gasteiger partial charge in [-0.1, -0.05) is 24.6 Å². The lowest BCUT2D eigenvalue weighted by molar-refractivity contribution is 0.438. The number of aromatic nitrogens is 3. The van der Waals surface area contributed by atoms with Crippen LogP contribution in [0.25, 0.3) is 5.69 Å². The van der Waals surface area contributed by atoms with Gasteiger partial charge < -0.3 is 19.7 Å². The van der Waals surface area contributed by atoms with Crippen LogP contribution in [0.15, 0.2) is 85.5 Å². The summed E-state index contributed by atoms with van der Waals surface area (Å²) < 4.78 is 2.19. The second-order valence-electron chi connectivity index (χ2n) is 9.81. The Morgan fingerprint density at radius 3 is 2.49 bits per heavy atom. The molecule has 2 saturated heterocycles. The van der Waals surface area contributed by atoms with Crippen LogP contribution in [-0.4, -0.2) is 32.7 Å². The summed E-state index contributed by atoms with van der Waals surface area (Å²) in [5, 5.41) is 4.95. The highest BCUT2D eigenvalue weighted by Gasteiger charge is 2.42. The molecule has 6 nitrogen and oxygen atoms in total. The van der Waals surface area contributed by atoms with Crippen molar-refractivity contribution in [1.29, 1.82) is 0 Å². The molecule has 0 saturated carbocycles. The van der Waals surface area contributed by atoms with Crippen LogP contribution in [0.2, 0.25) is 5.02 Å². The van der Waals surface area contributed by atoms with E-state index in [0.717, 1.165) is 52.5 Å². The summed E-state index contributed by atoms with van der Waals surface area (Å²) in [5.74, 6) is 0.767. The molecule has 0 radical (unpaired) electrons. The topological polar surface area (TPSA) is 49.2 Å². The van der Waals surface area contributed by atoms with Crippen LogP contribution < -0.4 is 15.1 Å². The van der Waals surface area contributed by atoms with Gasteiger partial charge in [-0.3, -0.25) is 9.97 Å². The molecule has 5 heterocycles. The molecule has 2 fully saturated rings. The van der Waals surface area contributed by atoms with Gasteiger partial charge in [0.1, 0.15) is 6.04 Å². The average Bonchev–Trinajstić information content (AvgIpc) is 3.54. The van der Waals surface area contributed by atoms with Crippen molar-refractivity contribution in [3.8, 4) is 5.69 Å². The average molecular weight is 529 g/mol. The van der Waals surface area contributed by atoms with Gasteiger partial charge in [0.2, 0.25) is 0 Å². The zero-order valence-electron chi connectivity index (χ0n) is 20.7. The van der Waals surface area contributed by atoms with Crippen LogP contribution in [0.1, 0.15) is 43.2 Å². The Morgan fingerprint density at radius 2 is 1.76 bits per heavy atom. The fourth-order valence-corrected chi connectivity index (χ4v) is 6.10. The van der Waals surface area contributed by atoms with E-state index >= 15 is 0 Å². The third-order valence-electron chi connectivity index (χ3n) is 7.46. The molecule has 2 unspecified atom stereocenters. The van der Waals surface area contributed by atoms with Crippen molar-refractivity contribution >= 4 is 40.3 Å². The van der Waals surface area contributed by atoms with Crippen molar-refractivity contribution in [2.75, 3.05) is 22.9 Å². The third kappa shape index (κ3) is 4.58. The van der Waals surface area contributed by atoms with Gasteiger partial charge in [0.15, 0.2) is 5.11 Å². The maximum Gasteiger partial charge on any atom is 0.174 e. The van der Waals surface area contributed by atoms with Gasteiger partial charge in [0, 0.05) is 54.9 Å². The highest BCUT2D eigenvalue weighted by atomic mass is 35.5. The van der Waals surface area contributed by atoms with E-state index in [0.29, 0.717) is 5.11 Å². The summed E-state index contributed by atoms with van der Waals surface area (Å²) in [7, 11) is 0. The number of hydrogen-bond acceptors (Lipinski definition) is 4. The predicted molar refractivity (Wildman–Crippen MR) is 154 cm³/mol. The first-order valence-corrected chi connectivity index (χ1v) is 13.5. The molecule has 3 aromatic heterocycles. The lowest BCUT2D eigenvalue weighted by atomic mass is 9.98. The van der Waals surface area contributed by atoms with E-state index in [-0.39, 0.29) is 12.1 Å². The number of piperidine rings is 1. The van der Waals surface area contributed by atoms with Crippen LogP contribution in [-0.2, 0) is 0 Å². The van der Waals surface area contributed by atoms with E-state index in [1.165, 1.54) is 12.8 Å². The van der Waals surface area contributed by atoms with Crippen molar-refractivity contribution in [3.05, 3.63) is 102 Å². The number of hydrogen-bond donors (Lipinski definition) is 1. The van der Waals surface area contributed by atoms with Gasteiger partial charge in [-0.15, -0.1) is 0 Å². The smallest absolute Gasteiger partial charge is 0.174 e. The number of benzene rings is 1. The summed E-state index contributed by atoms with van der Waals surface area (Å²) in [6.45, 7) is 4.39. The molecule has 0 spiro atoms. The molecule has 0 amide bonds. The maximum atomic E-state index is 6.92. The van der Waals surface area contributed by atoms with E-state index in [2.05, 4.69) is 73.1 Å². The number of nitrogens with zero attached hydrogens (tertiary/aromatic N) is 5. The summed E-state index contributed by atoms with van der Waals surface area (Å²) in [5.41, 5.74) is 5.13. The lowest BCUT2D eigenvalue weighted by Gasteiger charge is -2.33. The lowest BCUT2D eigenvalue weighted by Crippen LogP contribution is -2.33. The molecule has 0 bridgehead atoms. The van der Waals surface area contributed by atoms with E-state index in [1.807, 2.05) is 48.9 Å². The van der Waals surface area contributed by atoms with Crippen LogP contribution in [0.4, 0.5) is 11.4 Å². The SMILES string of the molecule is CC1CCN(c2ccc(N3C(=S)NC(c4ccccn4)C3c3cccn3-c3ccncc3)cc2Cl)CC1. The second kappa shape index (κ2) is 10.1. The van der Waals surface area contributed by atoms with Gasteiger partial charge in [0.05, 0.1) is 22.4 Å². The third-order valence-corrected chi connectivity index (χ3v) is 8.07. The molecule has 1 N–H and O–H groups in total. The molecule has 6 rings (SSSR count). The zero-order valence-corrected chi connectivity index (χ0v) is 22.2. The largest absolute Gasteiger partial charge is 0.370 e. The Bertz CT molecular complexity index is 1380. The van der Waals surface area contributed by atoms with Crippen molar-refractivity contribution in [1.82, 2.24) is 19.9 Å². The minimum Gasteiger partial charge on any atom is -0.370 e. The molecule has 2 aliphatic heterocycles. The number of nitrogens with one attached hydrogen (secondary N) is 1. The molecular weight excluding hydrogens is 500 g/mol. The van der Waals surface area contributed by atoms with E-state index in [9.17, 15) is 0 Å². The highest BCUT2D eigenvalue weighted by molar-refractivity contribution is 7.80. The number of pyridine rings is 2. The first-order chi connectivity index (χ1) is 18.1. The maximum absolute atomic E-state index is 6.92. The predicted octanol–water partition coefficient (Wildman–Crippen LogP) is 6.33. The molecule has 0 aliphatic carbocycles. The van der Waals surface area contributed by atoms with Crippen LogP contribution >= 0.6 is 23.8 Å². The number of rotatable bonds is 5. The summed E-state index contributed by atoms with van der Waals surface area (Å²) in [4.78, 5) is 13.5. The van der Waals surface area contributed by atoms with Gasteiger partial charge in [-0.05, 0) is 85.6 Å². The first-order valence-electron chi connectivity index (χ1n) is 12.7. The Morgan fingerprint density at radius 1 is 0.946 bits per heavy atom. The molecule has 188 valence electrons. The summed E-state index contributed by atoms with van der Waals surface area (Å²) >= 11 is 12.9. The van der Waals surface area contributed by atoms with Crippen molar-refractivity contribution in [2.45, 2.75) is 31.8 Å². The second-order valence-corrected chi connectivity index (χ2v) is 10.6. The van der Waals surface area contributed by atoms with Gasteiger partial charge in [-0.25, -0.2) is 0 Å². The molecule has 37 heavy (non-hydrogen) atoms. The summed E-state index contributed by atoms with van der Waals surface area (Å²) in [6, 6.07) is 20.3. The van der Waals surface area contributed by atoms with Crippen LogP contribution in [0, 0.1) is 5.92 Å². The Hall–Kier alpha value is -3.42. The van der Waals surface area contributed by atoms with E-state index < -0.39 is 0 Å². The quantitative estimate of drug-likeness (QED) is 0.305. The van der Waals surface area contributed by atoms with E-state index in [4.69, 9.17) is 23.8 Å². The standard InChI is InChI=1S/C29H29ClN6S/c1-20-11-17-34(18-12-20)25-8-7-22(19-23(25)30)36-28(27(33-29(36)37)24-5-2-3-13-32-24)26-6-4-16-35(26)21-9-14-31-15-10-21/h2-10,13-16,19-20,27-28H,11-12,17-18H2,1H3,(H,33,37). The van der Waals surface area contributed by atoms with E-state index in [1.54, 1.807) is 0 Å². The zero-order chi connectivity index (χ0) is 25.4. The fraction of sp³-hybridized carbons (Fsp3) is 0.276. The van der Waals surface area contributed by atoms with Gasteiger partial charge in [0.25, 0.3) is 0 Å². The number of thiocarbonyl (C=S) groups is 1. The van der Waals surface area contributed by atoms with Crippen molar-refractivity contribution < 1.29 is 0 Å². The highest BCUT2D eigenvalue weighted by Crippen LogP contribution is 2.44. The molecular formula is C29H29ClN6S. The monoisotopic (exact) mass is 528 g/mol. The number of halogens is 1. The minimum atomic E-state index is -0.136. The van der Waals surface area contributed by atoms with Crippen molar-refractivity contribution in [3.63, 3.8) is 0 Å². The van der Waals surface area contributed by atoms with Gasteiger partial charge in [-0.2, -0.15) is 0 Å². The normalized spacial score (nSPS) is 20.3. The van der Waals surface area contributed by atoms with Crippen molar-refractivity contribution in [2.24, 2.45) is 5.92 Å². The summed E-state index contributed by atoms with van der Waals surface area (Å²) in [6.07, 6.45) is 9.91. The van der Waals surface area contributed by atoms with Gasteiger partial charge >= 0.3 is 0 Å². The molecule has 8 heteroatoms. The van der Waals surface area contributed by atoms with Crippen LogP contribution in [0.3, 0.4) is 0 Å². The molecule has 2 atom stereocenters. The Labute approximate surface area is 227 Å². The molecule has 4 aromatic rings. The van der Waals surface area contributed by atoms with Crippen LogP contribution in [0.5, 0.6) is 0 Å². The molecule has 2 aliphatic rings. The Kier molecular flexibility index (Phi) is 6.57. The fourth-order valence-electron chi connectivity index (χ4n) is 5.46. The Balaban J connectivity index is 1.42. The number of anilines is 2. The molecule has 1 aromatic carbocycles.